The number of ether oxygens (including phenoxy) is 1. The summed E-state index contributed by atoms with van der Waals surface area (Å²) >= 11 is 0.851. The Morgan fingerprint density at radius 3 is 2.38 bits per heavy atom. The van der Waals surface area contributed by atoms with Crippen molar-refractivity contribution in [1.29, 1.82) is 0 Å². The van der Waals surface area contributed by atoms with Gasteiger partial charge in [-0.15, -0.1) is 0 Å². The molecule has 7 heteroatoms. The lowest BCUT2D eigenvalue weighted by molar-refractivity contribution is -0.127. The van der Waals surface area contributed by atoms with Gasteiger partial charge in [0, 0.05) is 5.69 Å². The third kappa shape index (κ3) is 4.88. The molecule has 6 nitrogen and oxygen atoms in total. The van der Waals surface area contributed by atoms with Crippen LogP contribution in [0.15, 0.2) is 35.2 Å². The summed E-state index contributed by atoms with van der Waals surface area (Å²) in [6, 6.07) is 9.62. The molecule has 1 aliphatic rings. The van der Waals surface area contributed by atoms with Gasteiger partial charge in [-0.1, -0.05) is 32.0 Å². The molecule has 0 bridgehead atoms. The topological polar surface area (TPSA) is 75.7 Å². The zero-order valence-electron chi connectivity index (χ0n) is 19.2. The zero-order chi connectivity index (χ0) is 23.6. The predicted octanol–water partition coefficient (Wildman–Crippen LogP) is 5.42. The van der Waals surface area contributed by atoms with Crippen molar-refractivity contribution >= 4 is 40.6 Å². The second-order valence-corrected chi connectivity index (χ2v) is 9.18. The SMILES string of the molecule is COc1cc(C)c(/C=C2/SC(=O)N(CC(=O)Nc3c(C)cccc3C)C2=O)cc1C(C)C. The maximum atomic E-state index is 12.9. The number of nitrogens with zero attached hydrogens (tertiary/aromatic N) is 1. The maximum Gasteiger partial charge on any atom is 0.294 e. The number of anilines is 1. The van der Waals surface area contributed by atoms with Crippen LogP contribution in [0.2, 0.25) is 0 Å². The second kappa shape index (κ2) is 9.61. The van der Waals surface area contributed by atoms with Crippen LogP contribution in [0.25, 0.3) is 6.08 Å². The first-order valence-electron chi connectivity index (χ1n) is 10.4. The number of thioether (sulfide) groups is 1. The largest absolute Gasteiger partial charge is 0.496 e. The summed E-state index contributed by atoms with van der Waals surface area (Å²) in [5.74, 6) is 0.166. The van der Waals surface area contributed by atoms with Gasteiger partial charge in [-0.2, -0.15) is 0 Å². The summed E-state index contributed by atoms with van der Waals surface area (Å²) < 4.78 is 5.48. The Hall–Kier alpha value is -3.06. The number of aryl methyl sites for hydroxylation is 3. The average molecular weight is 453 g/mol. The van der Waals surface area contributed by atoms with Gasteiger partial charge in [-0.25, -0.2) is 0 Å². The molecular weight excluding hydrogens is 424 g/mol. The van der Waals surface area contributed by atoms with Crippen molar-refractivity contribution in [3.05, 3.63) is 63.1 Å². The van der Waals surface area contributed by atoms with Crippen molar-refractivity contribution in [3.8, 4) is 5.75 Å². The fourth-order valence-electron chi connectivity index (χ4n) is 3.61. The molecular formula is C25H28N2O4S. The number of carbonyl (C=O) groups excluding carboxylic acids is 3. The summed E-state index contributed by atoms with van der Waals surface area (Å²) in [5.41, 5.74) is 5.35. The molecule has 3 amide bonds. The van der Waals surface area contributed by atoms with E-state index in [-0.39, 0.29) is 12.5 Å². The van der Waals surface area contributed by atoms with E-state index in [4.69, 9.17) is 4.74 Å². The molecule has 1 heterocycles. The molecule has 0 aliphatic carbocycles. The van der Waals surface area contributed by atoms with E-state index in [0.29, 0.717) is 10.6 Å². The number of imide groups is 1. The normalized spacial score (nSPS) is 15.1. The van der Waals surface area contributed by atoms with E-state index in [9.17, 15) is 14.4 Å². The highest BCUT2D eigenvalue weighted by molar-refractivity contribution is 8.18. The summed E-state index contributed by atoms with van der Waals surface area (Å²) in [6.45, 7) is 9.54. The number of amides is 3. The molecule has 0 radical (unpaired) electrons. The van der Waals surface area contributed by atoms with E-state index in [1.54, 1.807) is 13.2 Å². The number of hydrogen-bond donors (Lipinski definition) is 1. The Bertz CT molecular complexity index is 1100. The second-order valence-electron chi connectivity index (χ2n) is 8.19. The Kier molecular flexibility index (Phi) is 7.09. The Labute approximate surface area is 193 Å². The average Bonchev–Trinajstić information content (AvgIpc) is 2.99. The molecule has 2 aromatic rings. The fraction of sp³-hybridized carbons (Fsp3) is 0.320. The lowest BCUT2D eigenvalue weighted by atomic mass is 9.96. The van der Waals surface area contributed by atoms with E-state index in [1.165, 1.54) is 0 Å². The molecule has 1 saturated heterocycles. The van der Waals surface area contributed by atoms with Crippen LogP contribution in [0.3, 0.4) is 0 Å². The van der Waals surface area contributed by atoms with E-state index in [2.05, 4.69) is 19.2 Å². The highest BCUT2D eigenvalue weighted by Crippen LogP contribution is 2.35. The van der Waals surface area contributed by atoms with E-state index in [0.717, 1.165) is 50.2 Å². The van der Waals surface area contributed by atoms with Gasteiger partial charge in [0.2, 0.25) is 5.91 Å². The predicted molar refractivity (Wildman–Crippen MR) is 129 cm³/mol. The number of rotatable bonds is 6. The van der Waals surface area contributed by atoms with E-state index in [1.807, 2.05) is 51.1 Å². The van der Waals surface area contributed by atoms with Crippen LogP contribution < -0.4 is 10.1 Å². The van der Waals surface area contributed by atoms with Crippen LogP contribution in [0.1, 0.15) is 47.6 Å². The van der Waals surface area contributed by atoms with Crippen LogP contribution >= 0.6 is 11.8 Å². The first-order chi connectivity index (χ1) is 15.1. The van der Waals surface area contributed by atoms with Gasteiger partial charge in [-0.05, 0) is 84.5 Å². The minimum Gasteiger partial charge on any atom is -0.496 e. The van der Waals surface area contributed by atoms with Crippen LogP contribution in [-0.2, 0) is 9.59 Å². The number of hydrogen-bond acceptors (Lipinski definition) is 5. The molecule has 0 unspecified atom stereocenters. The molecule has 1 fully saturated rings. The van der Waals surface area contributed by atoms with Crippen molar-refractivity contribution in [1.82, 2.24) is 4.90 Å². The molecule has 1 N–H and O–H groups in total. The third-order valence-electron chi connectivity index (χ3n) is 5.45. The van der Waals surface area contributed by atoms with Crippen molar-refractivity contribution in [2.24, 2.45) is 0 Å². The smallest absolute Gasteiger partial charge is 0.294 e. The lowest BCUT2D eigenvalue weighted by Crippen LogP contribution is -2.36. The summed E-state index contributed by atoms with van der Waals surface area (Å²) in [6.07, 6.45) is 1.72. The first kappa shape index (κ1) is 23.6. The summed E-state index contributed by atoms with van der Waals surface area (Å²) in [7, 11) is 1.63. The van der Waals surface area contributed by atoms with Crippen molar-refractivity contribution < 1.29 is 19.1 Å². The third-order valence-corrected chi connectivity index (χ3v) is 6.36. The van der Waals surface area contributed by atoms with Crippen LogP contribution in [-0.4, -0.2) is 35.6 Å². The van der Waals surface area contributed by atoms with Gasteiger partial charge >= 0.3 is 0 Å². The van der Waals surface area contributed by atoms with Crippen LogP contribution in [0.5, 0.6) is 5.75 Å². The van der Waals surface area contributed by atoms with Gasteiger partial charge in [-0.3, -0.25) is 19.3 Å². The quantitative estimate of drug-likeness (QED) is 0.593. The van der Waals surface area contributed by atoms with Crippen LogP contribution in [0.4, 0.5) is 10.5 Å². The molecule has 2 aromatic carbocycles. The van der Waals surface area contributed by atoms with Gasteiger partial charge in [0.25, 0.3) is 11.1 Å². The number of carbonyl (C=O) groups is 3. The highest BCUT2D eigenvalue weighted by Gasteiger charge is 2.36. The minimum absolute atomic E-state index is 0.237. The zero-order valence-corrected chi connectivity index (χ0v) is 20.1. The lowest BCUT2D eigenvalue weighted by Gasteiger charge is -2.15. The number of methoxy groups -OCH3 is 1. The Balaban J connectivity index is 1.81. The van der Waals surface area contributed by atoms with Crippen molar-refractivity contribution in [2.45, 2.75) is 40.5 Å². The highest BCUT2D eigenvalue weighted by atomic mass is 32.2. The monoisotopic (exact) mass is 452 g/mol. The molecule has 0 aromatic heterocycles. The molecule has 0 saturated carbocycles. The van der Waals surface area contributed by atoms with Crippen LogP contribution in [0, 0.1) is 20.8 Å². The first-order valence-corrected chi connectivity index (χ1v) is 11.2. The molecule has 168 valence electrons. The molecule has 3 rings (SSSR count). The van der Waals surface area contributed by atoms with Crippen molar-refractivity contribution in [2.75, 3.05) is 19.0 Å². The fourth-order valence-corrected chi connectivity index (χ4v) is 4.44. The minimum atomic E-state index is -0.460. The number of benzene rings is 2. The van der Waals surface area contributed by atoms with Gasteiger partial charge in [0.05, 0.1) is 12.0 Å². The van der Waals surface area contributed by atoms with Gasteiger partial charge < -0.3 is 10.1 Å². The molecule has 1 aliphatic heterocycles. The molecule has 0 atom stereocenters. The van der Waals surface area contributed by atoms with Gasteiger partial charge in [0.1, 0.15) is 12.3 Å². The Morgan fingerprint density at radius 2 is 1.78 bits per heavy atom. The maximum absolute atomic E-state index is 12.9. The van der Waals surface area contributed by atoms with E-state index < -0.39 is 17.1 Å². The molecule has 0 spiro atoms. The van der Waals surface area contributed by atoms with E-state index >= 15 is 0 Å². The number of para-hydroxylation sites is 1. The summed E-state index contributed by atoms with van der Waals surface area (Å²) in [4.78, 5) is 39.3. The van der Waals surface area contributed by atoms with Gasteiger partial charge in [0.15, 0.2) is 0 Å². The Morgan fingerprint density at radius 1 is 1.12 bits per heavy atom. The standard InChI is InChI=1S/C25H28N2O4S/c1-14(2)19-11-18(17(5)10-20(19)31-6)12-21-24(29)27(25(30)32-21)13-22(28)26-23-15(3)8-7-9-16(23)4/h7-12,14H,13H2,1-6H3,(H,26,28)/b21-12+. The van der Waals surface area contributed by atoms with Crippen molar-refractivity contribution in [3.63, 3.8) is 0 Å². The summed E-state index contributed by atoms with van der Waals surface area (Å²) in [5, 5.41) is 2.37. The molecule has 32 heavy (non-hydrogen) atoms. The number of nitrogens with one attached hydrogen (secondary N) is 1.